The Morgan fingerprint density at radius 2 is 1.80 bits per heavy atom. The molecule has 0 amide bonds. The molecule has 4 heteroatoms. The average molecular weight is 302 g/mol. The van der Waals surface area contributed by atoms with Gasteiger partial charge in [0, 0.05) is 5.02 Å². The minimum Gasteiger partial charge on any atom is -0.320 e. The van der Waals surface area contributed by atoms with Gasteiger partial charge in [0.05, 0.1) is 0 Å². The average Bonchev–Trinajstić information content (AvgIpc) is 2.88. The summed E-state index contributed by atoms with van der Waals surface area (Å²) >= 11 is 6.02. The fraction of sp³-hybridized carbons (Fsp3) is 0.625. The van der Waals surface area contributed by atoms with Crippen LogP contribution in [0.25, 0.3) is 0 Å². The molecule has 2 rings (SSSR count). The van der Waals surface area contributed by atoms with Crippen LogP contribution >= 0.6 is 11.6 Å². The molecule has 0 aromatic heterocycles. The van der Waals surface area contributed by atoms with Crippen molar-refractivity contribution in [2.75, 3.05) is 13.6 Å². The van der Waals surface area contributed by atoms with Crippen molar-refractivity contribution >= 4 is 11.6 Å². The molecule has 1 aliphatic rings. The molecule has 0 radical (unpaired) electrons. The van der Waals surface area contributed by atoms with Gasteiger partial charge in [0.15, 0.2) is 11.6 Å². The van der Waals surface area contributed by atoms with Gasteiger partial charge in [-0.3, -0.25) is 0 Å². The second-order valence-corrected chi connectivity index (χ2v) is 6.33. The van der Waals surface area contributed by atoms with Gasteiger partial charge < -0.3 is 5.32 Å². The van der Waals surface area contributed by atoms with Crippen molar-refractivity contribution in [2.24, 2.45) is 5.41 Å². The number of nitrogens with one attached hydrogen (secondary N) is 1. The number of aryl methyl sites for hydroxylation is 1. The largest absolute Gasteiger partial charge is 0.320 e. The summed E-state index contributed by atoms with van der Waals surface area (Å²) in [7, 11) is 1.97. The van der Waals surface area contributed by atoms with Crippen LogP contribution < -0.4 is 5.32 Å². The van der Waals surface area contributed by atoms with Crippen LogP contribution in [0.1, 0.15) is 44.1 Å². The second kappa shape index (κ2) is 6.86. The summed E-state index contributed by atoms with van der Waals surface area (Å²) in [6, 6.07) is 2.33. The zero-order chi connectivity index (χ0) is 14.6. The van der Waals surface area contributed by atoms with E-state index in [0.29, 0.717) is 10.4 Å². The molecule has 1 fully saturated rings. The third-order valence-corrected chi connectivity index (χ3v) is 4.94. The quantitative estimate of drug-likeness (QED) is 0.750. The molecule has 0 saturated heterocycles. The van der Waals surface area contributed by atoms with E-state index in [2.05, 4.69) is 5.32 Å². The first-order valence-electron chi connectivity index (χ1n) is 7.34. The van der Waals surface area contributed by atoms with Gasteiger partial charge in [-0.2, -0.15) is 0 Å². The van der Waals surface area contributed by atoms with Gasteiger partial charge in [-0.15, -0.1) is 0 Å². The minimum absolute atomic E-state index is 0.339. The Balaban J connectivity index is 2.04. The highest BCUT2D eigenvalue weighted by atomic mass is 35.5. The van der Waals surface area contributed by atoms with Crippen molar-refractivity contribution in [3.05, 3.63) is 34.4 Å². The highest BCUT2D eigenvalue weighted by molar-refractivity contribution is 6.31. The van der Waals surface area contributed by atoms with Crippen molar-refractivity contribution in [1.82, 2.24) is 5.32 Å². The first-order chi connectivity index (χ1) is 9.56. The molecule has 1 aromatic carbocycles. The van der Waals surface area contributed by atoms with Crippen LogP contribution in [0.2, 0.25) is 5.02 Å². The molecule has 0 aliphatic heterocycles. The Hall–Kier alpha value is -0.670. The third kappa shape index (κ3) is 3.70. The Morgan fingerprint density at radius 3 is 2.45 bits per heavy atom. The van der Waals surface area contributed by atoms with Crippen molar-refractivity contribution in [3.63, 3.8) is 0 Å². The highest BCUT2D eigenvalue weighted by Gasteiger charge is 2.32. The Labute approximate surface area is 124 Å². The van der Waals surface area contributed by atoms with Crippen LogP contribution in [0.3, 0.4) is 0 Å². The molecule has 0 atom stereocenters. The third-order valence-electron chi connectivity index (χ3n) is 4.58. The molecule has 1 N–H and O–H groups in total. The van der Waals surface area contributed by atoms with Crippen LogP contribution in [0, 0.1) is 17.0 Å². The van der Waals surface area contributed by atoms with E-state index in [0.717, 1.165) is 37.4 Å². The molecule has 0 spiro atoms. The maximum Gasteiger partial charge on any atom is 0.160 e. The zero-order valence-electron chi connectivity index (χ0n) is 11.9. The van der Waals surface area contributed by atoms with Crippen molar-refractivity contribution in [1.29, 1.82) is 0 Å². The molecule has 0 heterocycles. The fourth-order valence-corrected chi connectivity index (χ4v) is 3.54. The summed E-state index contributed by atoms with van der Waals surface area (Å²) < 4.78 is 26.4. The van der Waals surface area contributed by atoms with Gasteiger partial charge in [-0.25, -0.2) is 8.78 Å². The first kappa shape index (κ1) is 15.7. The summed E-state index contributed by atoms with van der Waals surface area (Å²) in [4.78, 5) is 0. The zero-order valence-corrected chi connectivity index (χ0v) is 12.7. The number of halogens is 3. The van der Waals surface area contributed by atoms with E-state index in [9.17, 15) is 8.78 Å². The molecule has 0 unspecified atom stereocenters. The lowest BCUT2D eigenvalue weighted by Crippen LogP contribution is -2.23. The molecule has 1 aromatic rings. The van der Waals surface area contributed by atoms with E-state index in [1.165, 1.54) is 31.7 Å². The van der Waals surface area contributed by atoms with E-state index in [1.54, 1.807) is 0 Å². The lowest BCUT2D eigenvalue weighted by atomic mass is 9.77. The molecule has 112 valence electrons. The molecule has 20 heavy (non-hydrogen) atoms. The van der Waals surface area contributed by atoms with Gasteiger partial charge in [0.25, 0.3) is 0 Å². The fourth-order valence-electron chi connectivity index (χ4n) is 3.30. The maximum absolute atomic E-state index is 13.3. The Kier molecular flexibility index (Phi) is 5.39. The van der Waals surface area contributed by atoms with Crippen molar-refractivity contribution in [3.8, 4) is 0 Å². The lowest BCUT2D eigenvalue weighted by Gasteiger charge is -2.29. The van der Waals surface area contributed by atoms with E-state index in [1.807, 2.05) is 7.05 Å². The number of benzene rings is 1. The first-order valence-corrected chi connectivity index (χ1v) is 7.72. The van der Waals surface area contributed by atoms with Crippen LogP contribution in [-0.4, -0.2) is 13.6 Å². The van der Waals surface area contributed by atoms with E-state index in [4.69, 9.17) is 11.6 Å². The SMILES string of the molecule is CNCCC1(CCc2cc(F)c(F)cc2Cl)CCCC1. The highest BCUT2D eigenvalue weighted by Crippen LogP contribution is 2.44. The van der Waals surface area contributed by atoms with Gasteiger partial charge in [-0.1, -0.05) is 24.4 Å². The molecule has 1 aliphatic carbocycles. The lowest BCUT2D eigenvalue weighted by molar-refractivity contribution is 0.247. The van der Waals surface area contributed by atoms with Crippen LogP contribution in [0.4, 0.5) is 8.78 Å². The maximum atomic E-state index is 13.3. The van der Waals surface area contributed by atoms with E-state index < -0.39 is 11.6 Å². The number of rotatable bonds is 6. The standard InChI is InChI=1S/C16H22ClF2N/c1-20-9-8-16(5-2-3-6-16)7-4-12-10-14(18)15(19)11-13(12)17/h10-11,20H,2-9H2,1H3. The summed E-state index contributed by atoms with van der Waals surface area (Å²) in [5, 5.41) is 3.55. The number of hydrogen-bond acceptors (Lipinski definition) is 1. The van der Waals surface area contributed by atoms with Crippen LogP contribution in [0.15, 0.2) is 12.1 Å². The molecule has 0 bridgehead atoms. The predicted octanol–water partition coefficient (Wildman–Crippen LogP) is 4.72. The van der Waals surface area contributed by atoms with Crippen molar-refractivity contribution in [2.45, 2.75) is 44.9 Å². The Bertz CT molecular complexity index is 456. The number of hydrogen-bond donors (Lipinski definition) is 1. The van der Waals surface area contributed by atoms with Crippen LogP contribution in [0.5, 0.6) is 0 Å². The molecule has 1 nitrogen and oxygen atoms in total. The van der Waals surface area contributed by atoms with Crippen LogP contribution in [-0.2, 0) is 6.42 Å². The summed E-state index contributed by atoms with van der Waals surface area (Å²) in [5.41, 5.74) is 1.07. The molecule has 1 saturated carbocycles. The van der Waals surface area contributed by atoms with E-state index >= 15 is 0 Å². The van der Waals surface area contributed by atoms with Gasteiger partial charge in [-0.05, 0) is 68.8 Å². The molecular weight excluding hydrogens is 280 g/mol. The van der Waals surface area contributed by atoms with E-state index in [-0.39, 0.29) is 0 Å². The predicted molar refractivity (Wildman–Crippen MR) is 79.1 cm³/mol. The van der Waals surface area contributed by atoms with Gasteiger partial charge >= 0.3 is 0 Å². The van der Waals surface area contributed by atoms with Gasteiger partial charge in [0.2, 0.25) is 0 Å². The smallest absolute Gasteiger partial charge is 0.160 e. The normalized spacial score (nSPS) is 17.6. The monoisotopic (exact) mass is 301 g/mol. The minimum atomic E-state index is -0.871. The van der Waals surface area contributed by atoms with Gasteiger partial charge in [0.1, 0.15) is 0 Å². The summed E-state index contributed by atoms with van der Waals surface area (Å²) in [6.07, 6.45) is 7.88. The second-order valence-electron chi connectivity index (χ2n) is 5.92. The molecular formula is C16H22ClF2N. The topological polar surface area (TPSA) is 12.0 Å². The summed E-state index contributed by atoms with van der Waals surface area (Å²) in [6.45, 7) is 1.01. The summed E-state index contributed by atoms with van der Waals surface area (Å²) in [5.74, 6) is -1.68. The van der Waals surface area contributed by atoms with Crippen molar-refractivity contribution < 1.29 is 8.78 Å². The Morgan fingerprint density at radius 1 is 1.15 bits per heavy atom.